The highest BCUT2D eigenvalue weighted by atomic mass is 35.5. The number of carbonyl (C=O) groups is 2. The second kappa shape index (κ2) is 9.61. The molecule has 2 heterocycles. The molecule has 2 fully saturated rings. The molecule has 1 aromatic rings. The van der Waals surface area contributed by atoms with Crippen molar-refractivity contribution >= 4 is 29.2 Å². The van der Waals surface area contributed by atoms with Crippen molar-refractivity contribution in [2.75, 3.05) is 50.8 Å². The fourth-order valence-electron chi connectivity index (χ4n) is 4.06. The molecule has 0 aliphatic carbocycles. The maximum atomic E-state index is 12.9. The van der Waals surface area contributed by atoms with E-state index >= 15 is 0 Å². The normalized spacial score (nSPS) is 20.1. The molecule has 28 heavy (non-hydrogen) atoms. The Morgan fingerprint density at radius 2 is 1.82 bits per heavy atom. The van der Waals surface area contributed by atoms with Crippen LogP contribution in [-0.4, -0.2) is 73.6 Å². The third-order valence-electron chi connectivity index (χ3n) is 5.82. The van der Waals surface area contributed by atoms with Crippen molar-refractivity contribution in [3.05, 3.63) is 29.3 Å². The third kappa shape index (κ3) is 4.97. The van der Waals surface area contributed by atoms with Gasteiger partial charge < -0.3 is 14.5 Å². The van der Waals surface area contributed by atoms with Gasteiger partial charge in [0.05, 0.1) is 18.6 Å². The Morgan fingerprint density at radius 1 is 1.14 bits per heavy atom. The monoisotopic (exact) mass is 407 g/mol. The molecule has 1 aromatic carbocycles. The van der Waals surface area contributed by atoms with E-state index in [1.54, 1.807) is 0 Å². The van der Waals surface area contributed by atoms with Gasteiger partial charge in [0, 0.05) is 50.0 Å². The second-order valence-corrected chi connectivity index (χ2v) is 7.97. The van der Waals surface area contributed by atoms with Crippen molar-refractivity contribution in [2.24, 2.45) is 5.92 Å². The summed E-state index contributed by atoms with van der Waals surface area (Å²) in [5.41, 5.74) is 1.13. The van der Waals surface area contributed by atoms with Crippen LogP contribution in [0, 0.1) is 5.92 Å². The SMILES string of the molecule is CCOC(=O)C1CCN(C(=O)C(C)N2CCN(c3cccc(Cl)c3)CC2)CC1. The van der Waals surface area contributed by atoms with Gasteiger partial charge in [-0.15, -0.1) is 0 Å². The van der Waals surface area contributed by atoms with E-state index < -0.39 is 0 Å². The summed E-state index contributed by atoms with van der Waals surface area (Å²) in [6.45, 7) is 8.95. The number of ether oxygens (including phenoxy) is 1. The van der Waals surface area contributed by atoms with Crippen LogP contribution in [-0.2, 0) is 14.3 Å². The molecule has 7 heteroatoms. The van der Waals surface area contributed by atoms with Gasteiger partial charge in [0.25, 0.3) is 0 Å². The van der Waals surface area contributed by atoms with E-state index in [9.17, 15) is 9.59 Å². The van der Waals surface area contributed by atoms with Crippen molar-refractivity contribution in [2.45, 2.75) is 32.7 Å². The van der Waals surface area contributed by atoms with Crippen LogP contribution in [0.15, 0.2) is 24.3 Å². The first-order valence-corrected chi connectivity index (χ1v) is 10.6. The molecule has 0 bridgehead atoms. The Labute approximate surface area is 172 Å². The Bertz CT molecular complexity index is 683. The number of nitrogens with zero attached hydrogens (tertiary/aromatic N) is 3. The molecule has 2 aliphatic rings. The number of rotatable bonds is 5. The number of benzene rings is 1. The predicted molar refractivity (Wildman–Crippen MR) is 111 cm³/mol. The number of piperazine rings is 1. The van der Waals surface area contributed by atoms with E-state index in [1.165, 1.54) is 0 Å². The second-order valence-electron chi connectivity index (χ2n) is 7.53. The highest BCUT2D eigenvalue weighted by molar-refractivity contribution is 6.30. The van der Waals surface area contributed by atoms with Gasteiger partial charge in [-0.3, -0.25) is 14.5 Å². The van der Waals surface area contributed by atoms with E-state index in [-0.39, 0.29) is 23.8 Å². The minimum absolute atomic E-state index is 0.0689. The van der Waals surface area contributed by atoms with Crippen LogP contribution in [0.1, 0.15) is 26.7 Å². The number of hydrogen-bond acceptors (Lipinski definition) is 5. The van der Waals surface area contributed by atoms with Gasteiger partial charge >= 0.3 is 5.97 Å². The predicted octanol–water partition coefficient (Wildman–Crippen LogP) is 2.65. The molecule has 1 amide bonds. The maximum Gasteiger partial charge on any atom is 0.309 e. The van der Waals surface area contributed by atoms with Crippen LogP contribution < -0.4 is 4.90 Å². The number of anilines is 1. The summed E-state index contributed by atoms with van der Waals surface area (Å²) in [6.07, 6.45) is 1.39. The smallest absolute Gasteiger partial charge is 0.309 e. The first-order valence-electron chi connectivity index (χ1n) is 10.2. The van der Waals surface area contributed by atoms with Crippen LogP contribution in [0.4, 0.5) is 5.69 Å². The lowest BCUT2D eigenvalue weighted by Crippen LogP contribution is -2.55. The van der Waals surface area contributed by atoms with Crippen molar-refractivity contribution in [1.82, 2.24) is 9.80 Å². The van der Waals surface area contributed by atoms with E-state index in [0.717, 1.165) is 36.9 Å². The highest BCUT2D eigenvalue weighted by Crippen LogP contribution is 2.23. The van der Waals surface area contributed by atoms with E-state index in [4.69, 9.17) is 16.3 Å². The molecule has 2 aliphatic heterocycles. The van der Waals surface area contributed by atoms with Gasteiger partial charge in [-0.05, 0) is 44.9 Å². The molecule has 3 rings (SSSR count). The Morgan fingerprint density at radius 3 is 2.43 bits per heavy atom. The maximum absolute atomic E-state index is 12.9. The standard InChI is InChI=1S/C21H30ClN3O3/c1-3-28-21(27)17-7-9-25(10-8-17)20(26)16(2)23-11-13-24(14-12-23)19-6-4-5-18(22)15-19/h4-6,15-17H,3,7-14H2,1-2H3. The average molecular weight is 408 g/mol. The molecule has 0 N–H and O–H groups in total. The molecule has 1 unspecified atom stereocenters. The van der Waals surface area contributed by atoms with E-state index in [2.05, 4.69) is 15.9 Å². The van der Waals surface area contributed by atoms with Crippen molar-refractivity contribution in [1.29, 1.82) is 0 Å². The number of esters is 1. The topological polar surface area (TPSA) is 53.1 Å². The molecule has 2 saturated heterocycles. The molecule has 0 radical (unpaired) electrons. The highest BCUT2D eigenvalue weighted by Gasteiger charge is 2.33. The number of piperidine rings is 1. The summed E-state index contributed by atoms with van der Waals surface area (Å²) in [5, 5.41) is 0.745. The van der Waals surface area contributed by atoms with E-state index in [1.807, 2.05) is 36.9 Å². The summed E-state index contributed by atoms with van der Waals surface area (Å²) in [5.74, 6) is -0.0288. The van der Waals surface area contributed by atoms with Crippen LogP contribution in [0.2, 0.25) is 5.02 Å². The Kier molecular flexibility index (Phi) is 7.18. The molecular weight excluding hydrogens is 378 g/mol. The van der Waals surface area contributed by atoms with Gasteiger partial charge in [0.15, 0.2) is 0 Å². The summed E-state index contributed by atoms with van der Waals surface area (Å²) >= 11 is 6.10. The van der Waals surface area contributed by atoms with E-state index in [0.29, 0.717) is 32.5 Å². The quantitative estimate of drug-likeness (QED) is 0.702. The Balaban J connectivity index is 1.48. The molecule has 154 valence electrons. The lowest BCUT2D eigenvalue weighted by molar-refractivity contribution is -0.152. The minimum Gasteiger partial charge on any atom is -0.466 e. The molecular formula is C21H30ClN3O3. The summed E-state index contributed by atoms with van der Waals surface area (Å²) in [4.78, 5) is 31.3. The van der Waals surface area contributed by atoms with Gasteiger partial charge in [-0.2, -0.15) is 0 Å². The molecule has 1 atom stereocenters. The largest absolute Gasteiger partial charge is 0.466 e. The lowest BCUT2D eigenvalue weighted by Gasteiger charge is -2.41. The van der Waals surface area contributed by atoms with Gasteiger partial charge in [-0.25, -0.2) is 0 Å². The van der Waals surface area contributed by atoms with Crippen LogP contribution in [0.3, 0.4) is 0 Å². The van der Waals surface area contributed by atoms with Gasteiger partial charge in [0.2, 0.25) is 5.91 Å². The average Bonchev–Trinajstić information content (AvgIpc) is 2.73. The third-order valence-corrected chi connectivity index (χ3v) is 6.05. The van der Waals surface area contributed by atoms with Crippen LogP contribution in [0.25, 0.3) is 0 Å². The lowest BCUT2D eigenvalue weighted by atomic mass is 9.96. The summed E-state index contributed by atoms with van der Waals surface area (Å²) < 4.78 is 5.11. The number of carbonyl (C=O) groups excluding carboxylic acids is 2. The zero-order valence-electron chi connectivity index (χ0n) is 16.8. The molecule has 0 saturated carbocycles. The molecule has 0 aromatic heterocycles. The van der Waals surface area contributed by atoms with Crippen LogP contribution >= 0.6 is 11.6 Å². The van der Waals surface area contributed by atoms with Gasteiger partial charge in [-0.1, -0.05) is 17.7 Å². The fourth-order valence-corrected chi connectivity index (χ4v) is 4.24. The minimum atomic E-state index is -0.138. The number of halogens is 1. The molecule has 6 nitrogen and oxygen atoms in total. The zero-order chi connectivity index (χ0) is 20.1. The zero-order valence-corrected chi connectivity index (χ0v) is 17.5. The first-order chi connectivity index (χ1) is 13.5. The fraction of sp³-hybridized carbons (Fsp3) is 0.619. The number of hydrogen-bond donors (Lipinski definition) is 0. The van der Waals surface area contributed by atoms with Crippen molar-refractivity contribution in [3.8, 4) is 0 Å². The summed E-state index contributed by atoms with van der Waals surface area (Å²) in [7, 11) is 0. The number of likely N-dealkylation sites (tertiary alicyclic amines) is 1. The Hall–Kier alpha value is -1.79. The van der Waals surface area contributed by atoms with Crippen LogP contribution in [0.5, 0.6) is 0 Å². The number of amides is 1. The summed E-state index contributed by atoms with van der Waals surface area (Å²) in [6, 6.07) is 7.77. The first kappa shape index (κ1) is 20.9. The van der Waals surface area contributed by atoms with Crippen molar-refractivity contribution < 1.29 is 14.3 Å². The van der Waals surface area contributed by atoms with Crippen molar-refractivity contribution in [3.63, 3.8) is 0 Å². The van der Waals surface area contributed by atoms with Gasteiger partial charge in [0.1, 0.15) is 0 Å². The molecule has 0 spiro atoms.